The summed E-state index contributed by atoms with van der Waals surface area (Å²) in [6.45, 7) is 6.44. The van der Waals surface area contributed by atoms with Crippen molar-refractivity contribution in [2.45, 2.75) is 45.3 Å². The van der Waals surface area contributed by atoms with Crippen LogP contribution in [0.1, 0.15) is 38.8 Å². The van der Waals surface area contributed by atoms with Gasteiger partial charge in [0.15, 0.2) is 0 Å². The van der Waals surface area contributed by atoms with Gasteiger partial charge in [0.25, 0.3) is 0 Å². The van der Waals surface area contributed by atoms with E-state index >= 15 is 0 Å². The Morgan fingerprint density at radius 2 is 1.84 bits per heavy atom. The summed E-state index contributed by atoms with van der Waals surface area (Å²) in [5.74, 6) is 0.0400. The SMILES string of the molecule is CC(C)NC(=O)CC(CN)NC(C)c1ccccc1. The molecule has 1 amide bonds. The Morgan fingerprint density at radius 3 is 2.37 bits per heavy atom. The summed E-state index contributed by atoms with van der Waals surface area (Å²) in [7, 11) is 0. The largest absolute Gasteiger partial charge is 0.354 e. The predicted octanol–water partition coefficient (Wildman–Crippen LogP) is 1.58. The number of nitrogens with two attached hydrogens (primary N) is 1. The van der Waals surface area contributed by atoms with E-state index in [0.717, 1.165) is 0 Å². The second-order valence-corrected chi connectivity index (χ2v) is 5.16. The van der Waals surface area contributed by atoms with E-state index in [4.69, 9.17) is 5.73 Å². The average molecular weight is 263 g/mol. The molecule has 106 valence electrons. The molecule has 4 N–H and O–H groups in total. The number of rotatable bonds is 7. The van der Waals surface area contributed by atoms with Crippen LogP contribution < -0.4 is 16.4 Å². The molecule has 2 unspecified atom stereocenters. The highest BCUT2D eigenvalue weighted by molar-refractivity contribution is 5.76. The summed E-state index contributed by atoms with van der Waals surface area (Å²) in [4.78, 5) is 11.7. The first-order valence-electron chi connectivity index (χ1n) is 6.83. The van der Waals surface area contributed by atoms with Crippen LogP contribution in [0.3, 0.4) is 0 Å². The normalized spacial score (nSPS) is 14.2. The van der Waals surface area contributed by atoms with E-state index in [-0.39, 0.29) is 24.0 Å². The first-order valence-corrected chi connectivity index (χ1v) is 6.83. The van der Waals surface area contributed by atoms with E-state index in [2.05, 4.69) is 29.7 Å². The van der Waals surface area contributed by atoms with E-state index in [1.807, 2.05) is 32.0 Å². The first kappa shape index (κ1) is 15.7. The topological polar surface area (TPSA) is 67.2 Å². The summed E-state index contributed by atoms with van der Waals surface area (Å²) in [5, 5.41) is 6.29. The Morgan fingerprint density at radius 1 is 1.21 bits per heavy atom. The fraction of sp³-hybridized carbons (Fsp3) is 0.533. The fourth-order valence-electron chi connectivity index (χ4n) is 2.01. The number of carbonyl (C=O) groups is 1. The van der Waals surface area contributed by atoms with Crippen molar-refractivity contribution in [2.75, 3.05) is 6.54 Å². The zero-order valence-corrected chi connectivity index (χ0v) is 12.0. The van der Waals surface area contributed by atoms with Crippen LogP contribution in [0.2, 0.25) is 0 Å². The summed E-state index contributed by atoms with van der Waals surface area (Å²) in [6.07, 6.45) is 0.409. The van der Waals surface area contributed by atoms with Gasteiger partial charge in [0.05, 0.1) is 0 Å². The molecule has 4 heteroatoms. The Balaban J connectivity index is 2.50. The number of nitrogens with one attached hydrogen (secondary N) is 2. The third kappa shape index (κ3) is 5.85. The van der Waals surface area contributed by atoms with Crippen LogP contribution in [0.5, 0.6) is 0 Å². The van der Waals surface area contributed by atoms with Crippen LogP contribution in [0, 0.1) is 0 Å². The quantitative estimate of drug-likeness (QED) is 0.699. The molecule has 0 aliphatic heterocycles. The van der Waals surface area contributed by atoms with Crippen molar-refractivity contribution in [1.29, 1.82) is 0 Å². The van der Waals surface area contributed by atoms with Gasteiger partial charge in [-0.15, -0.1) is 0 Å². The lowest BCUT2D eigenvalue weighted by atomic mass is 10.1. The van der Waals surface area contributed by atoms with Gasteiger partial charge in [0.2, 0.25) is 5.91 Å². The van der Waals surface area contributed by atoms with E-state index in [0.29, 0.717) is 13.0 Å². The van der Waals surface area contributed by atoms with Gasteiger partial charge < -0.3 is 16.4 Å². The zero-order chi connectivity index (χ0) is 14.3. The van der Waals surface area contributed by atoms with Gasteiger partial charge in [0, 0.05) is 31.1 Å². The maximum atomic E-state index is 11.7. The molecular formula is C15H25N3O. The van der Waals surface area contributed by atoms with E-state index in [1.54, 1.807) is 0 Å². The molecule has 0 saturated heterocycles. The molecule has 0 aliphatic carbocycles. The summed E-state index contributed by atoms with van der Waals surface area (Å²) in [5.41, 5.74) is 6.94. The van der Waals surface area contributed by atoms with Gasteiger partial charge in [0.1, 0.15) is 0 Å². The minimum absolute atomic E-state index is 0.00560. The molecule has 1 aromatic rings. The molecular weight excluding hydrogens is 238 g/mol. The number of carbonyl (C=O) groups excluding carboxylic acids is 1. The molecule has 0 saturated carbocycles. The van der Waals surface area contributed by atoms with Crippen molar-refractivity contribution >= 4 is 5.91 Å². The minimum Gasteiger partial charge on any atom is -0.354 e. The fourth-order valence-corrected chi connectivity index (χ4v) is 2.01. The third-order valence-electron chi connectivity index (χ3n) is 2.95. The molecule has 0 bridgehead atoms. The smallest absolute Gasteiger partial charge is 0.221 e. The molecule has 0 heterocycles. The van der Waals surface area contributed by atoms with E-state index < -0.39 is 0 Å². The summed E-state index contributed by atoms with van der Waals surface area (Å²) < 4.78 is 0. The minimum atomic E-state index is -0.00560. The highest BCUT2D eigenvalue weighted by Gasteiger charge is 2.15. The van der Waals surface area contributed by atoms with Crippen molar-refractivity contribution in [3.05, 3.63) is 35.9 Å². The molecule has 0 aromatic heterocycles. The molecule has 0 fully saturated rings. The maximum Gasteiger partial charge on any atom is 0.221 e. The Hall–Kier alpha value is -1.39. The zero-order valence-electron chi connectivity index (χ0n) is 12.0. The van der Waals surface area contributed by atoms with Gasteiger partial charge >= 0.3 is 0 Å². The highest BCUT2D eigenvalue weighted by Crippen LogP contribution is 2.12. The van der Waals surface area contributed by atoms with Crippen LogP contribution in [0.15, 0.2) is 30.3 Å². The van der Waals surface area contributed by atoms with Crippen LogP contribution in [-0.4, -0.2) is 24.5 Å². The van der Waals surface area contributed by atoms with Crippen LogP contribution in [0.25, 0.3) is 0 Å². The van der Waals surface area contributed by atoms with Crippen molar-refractivity contribution in [3.63, 3.8) is 0 Å². The van der Waals surface area contributed by atoms with Crippen LogP contribution in [0.4, 0.5) is 0 Å². The summed E-state index contributed by atoms with van der Waals surface area (Å²) in [6, 6.07) is 10.5. The van der Waals surface area contributed by atoms with Crippen molar-refractivity contribution in [2.24, 2.45) is 5.73 Å². The van der Waals surface area contributed by atoms with Crippen LogP contribution >= 0.6 is 0 Å². The lowest BCUT2D eigenvalue weighted by Gasteiger charge is -2.22. The van der Waals surface area contributed by atoms with Gasteiger partial charge in [-0.1, -0.05) is 30.3 Å². The van der Waals surface area contributed by atoms with Crippen molar-refractivity contribution in [3.8, 4) is 0 Å². The second-order valence-electron chi connectivity index (χ2n) is 5.16. The van der Waals surface area contributed by atoms with Crippen molar-refractivity contribution < 1.29 is 4.79 Å². The van der Waals surface area contributed by atoms with E-state index in [9.17, 15) is 4.79 Å². The average Bonchev–Trinajstić information content (AvgIpc) is 2.37. The molecule has 2 atom stereocenters. The molecule has 1 aromatic carbocycles. The van der Waals surface area contributed by atoms with Gasteiger partial charge in [-0.2, -0.15) is 0 Å². The molecule has 0 spiro atoms. The van der Waals surface area contributed by atoms with Crippen molar-refractivity contribution in [1.82, 2.24) is 10.6 Å². The lowest BCUT2D eigenvalue weighted by molar-refractivity contribution is -0.122. The Labute approximate surface area is 115 Å². The molecule has 19 heavy (non-hydrogen) atoms. The molecule has 0 aliphatic rings. The second kappa shape index (κ2) is 7.92. The molecule has 1 rings (SSSR count). The first-order chi connectivity index (χ1) is 9.02. The number of hydrogen-bond acceptors (Lipinski definition) is 3. The Kier molecular flexibility index (Phi) is 6.53. The predicted molar refractivity (Wildman–Crippen MR) is 78.7 cm³/mol. The maximum absolute atomic E-state index is 11.7. The molecule has 4 nitrogen and oxygen atoms in total. The third-order valence-corrected chi connectivity index (χ3v) is 2.95. The van der Waals surface area contributed by atoms with Gasteiger partial charge in [-0.25, -0.2) is 0 Å². The number of hydrogen-bond donors (Lipinski definition) is 3. The van der Waals surface area contributed by atoms with Crippen LogP contribution in [-0.2, 0) is 4.79 Å². The number of benzene rings is 1. The lowest BCUT2D eigenvalue weighted by Crippen LogP contribution is -2.42. The highest BCUT2D eigenvalue weighted by atomic mass is 16.1. The van der Waals surface area contributed by atoms with Gasteiger partial charge in [-0.05, 0) is 26.3 Å². The standard InChI is InChI=1S/C15H25N3O/c1-11(2)17-15(19)9-14(10-16)18-12(3)13-7-5-4-6-8-13/h4-8,11-12,14,18H,9-10,16H2,1-3H3,(H,17,19). The summed E-state index contributed by atoms with van der Waals surface area (Å²) >= 11 is 0. The van der Waals surface area contributed by atoms with Gasteiger partial charge in [-0.3, -0.25) is 4.79 Å². The molecule has 0 radical (unpaired) electrons. The van der Waals surface area contributed by atoms with E-state index in [1.165, 1.54) is 5.56 Å². The number of amides is 1. The Bertz CT molecular complexity index is 378. The monoisotopic (exact) mass is 263 g/mol.